The van der Waals surface area contributed by atoms with E-state index in [-0.39, 0.29) is 0 Å². The normalized spacial score (nSPS) is 29.3. The van der Waals surface area contributed by atoms with Crippen molar-refractivity contribution in [1.82, 2.24) is 0 Å². The summed E-state index contributed by atoms with van der Waals surface area (Å²) in [5, 5.41) is 0.516. The molecule has 0 N–H and O–H groups in total. The number of rotatable bonds is 5. The van der Waals surface area contributed by atoms with Crippen molar-refractivity contribution in [2.75, 3.05) is 0 Å². The van der Waals surface area contributed by atoms with Crippen molar-refractivity contribution in [3.63, 3.8) is 0 Å². The van der Waals surface area contributed by atoms with E-state index in [1.54, 1.807) is 0 Å². The molecule has 0 spiro atoms. The van der Waals surface area contributed by atoms with Crippen LogP contribution in [-0.2, 0) is 0 Å². The highest BCUT2D eigenvalue weighted by molar-refractivity contribution is 6.39. The van der Waals surface area contributed by atoms with Gasteiger partial charge in [-0.15, -0.1) is 0 Å². The van der Waals surface area contributed by atoms with Gasteiger partial charge in [-0.1, -0.05) is 51.7 Å². The van der Waals surface area contributed by atoms with Crippen molar-refractivity contribution in [2.45, 2.75) is 64.5 Å². The topological polar surface area (TPSA) is 0 Å². The third kappa shape index (κ3) is 4.25. The Morgan fingerprint density at radius 2 is 2.00 bits per heavy atom. The minimum absolute atomic E-state index is 0.516. The molecule has 3 atom stereocenters. The van der Waals surface area contributed by atoms with Gasteiger partial charge >= 0.3 is 0 Å². The van der Waals surface area contributed by atoms with Gasteiger partial charge in [-0.3, -0.25) is 0 Å². The summed E-state index contributed by atoms with van der Waals surface area (Å²) in [6.07, 6.45) is 8.74. The van der Waals surface area contributed by atoms with Crippen molar-refractivity contribution >= 4 is 15.7 Å². The zero-order valence-corrected chi connectivity index (χ0v) is 11.5. The minimum Gasteiger partial charge on any atom is -0.0845 e. The van der Waals surface area contributed by atoms with E-state index in [1.807, 2.05) is 0 Å². The summed E-state index contributed by atoms with van der Waals surface area (Å²) in [5.74, 6) is 2.98. The van der Waals surface area contributed by atoms with Crippen molar-refractivity contribution in [2.24, 2.45) is 17.8 Å². The number of hydrogen-bond acceptors (Lipinski definition) is 0. The molecule has 0 radical (unpaired) electrons. The van der Waals surface area contributed by atoms with Gasteiger partial charge in [0.2, 0.25) is 0 Å². The maximum atomic E-state index is 2.42. The Balaban J connectivity index is 2.44. The Morgan fingerprint density at radius 1 is 1.33 bits per heavy atom. The van der Waals surface area contributed by atoms with E-state index in [4.69, 9.17) is 0 Å². The molecule has 0 bridgehead atoms. The van der Waals surface area contributed by atoms with Gasteiger partial charge in [0.1, 0.15) is 0 Å². The summed E-state index contributed by atoms with van der Waals surface area (Å²) < 4.78 is 0. The second kappa shape index (κ2) is 5.46. The first-order chi connectivity index (χ1) is 6.93. The van der Waals surface area contributed by atoms with Gasteiger partial charge in [0.15, 0.2) is 0 Å². The van der Waals surface area contributed by atoms with Crippen LogP contribution in [0, 0.1) is 17.8 Å². The molecule has 0 aliphatic heterocycles. The molecule has 3 unspecified atom stereocenters. The molecule has 1 aliphatic rings. The van der Waals surface area contributed by atoms with Crippen molar-refractivity contribution in [3.8, 4) is 0 Å². The van der Waals surface area contributed by atoms with Gasteiger partial charge in [0.05, 0.1) is 15.7 Å². The fourth-order valence-electron chi connectivity index (χ4n) is 3.19. The van der Waals surface area contributed by atoms with Crippen molar-refractivity contribution in [1.29, 1.82) is 0 Å². The molecule has 15 heavy (non-hydrogen) atoms. The molecule has 1 fully saturated rings. The third-order valence-corrected chi connectivity index (χ3v) is 4.28. The summed E-state index contributed by atoms with van der Waals surface area (Å²) in [6, 6.07) is 0. The lowest BCUT2D eigenvalue weighted by Crippen LogP contribution is -2.23. The molecule has 1 saturated carbocycles. The van der Waals surface area contributed by atoms with E-state index in [9.17, 15) is 0 Å². The molecule has 0 amide bonds. The van der Waals surface area contributed by atoms with E-state index in [0.29, 0.717) is 5.21 Å². The van der Waals surface area contributed by atoms with Crippen LogP contribution in [0.3, 0.4) is 0 Å². The molecular weight excluding hydrogens is 178 g/mol. The van der Waals surface area contributed by atoms with Crippen LogP contribution in [-0.4, -0.2) is 15.7 Å². The van der Waals surface area contributed by atoms with Crippen molar-refractivity contribution < 1.29 is 0 Å². The zero-order valence-electron chi connectivity index (χ0n) is 11.5. The van der Waals surface area contributed by atoms with Gasteiger partial charge < -0.3 is 0 Å². The van der Waals surface area contributed by atoms with Gasteiger partial charge in [0.25, 0.3) is 0 Å². The van der Waals surface area contributed by atoms with E-state index in [1.165, 1.54) is 38.5 Å². The van der Waals surface area contributed by atoms with Gasteiger partial charge in [-0.2, -0.15) is 0 Å². The molecule has 1 rings (SSSR count). The standard InChI is InChI=1S/C13H28B2/c1-4-5-12(13(3,14)15)9-11-7-6-10(2)8-11/h10-12H,4-9,14-15H2,1-3H3. The van der Waals surface area contributed by atoms with E-state index in [0.717, 1.165) is 17.8 Å². The SMILES string of the molecule is BC(B)(C)C(CCC)CC1CCC(C)C1. The van der Waals surface area contributed by atoms with Crippen LogP contribution in [0.1, 0.15) is 59.3 Å². The molecule has 0 nitrogen and oxygen atoms in total. The summed E-state index contributed by atoms with van der Waals surface area (Å²) in [5.41, 5.74) is 0. The average Bonchev–Trinajstić information content (AvgIpc) is 2.49. The van der Waals surface area contributed by atoms with Gasteiger partial charge in [0, 0.05) is 0 Å². The zero-order chi connectivity index (χ0) is 11.5. The summed E-state index contributed by atoms with van der Waals surface area (Å²) in [4.78, 5) is 0. The van der Waals surface area contributed by atoms with Crippen LogP contribution in [0.15, 0.2) is 0 Å². The molecular formula is C13H28B2. The first-order valence-corrected chi connectivity index (χ1v) is 6.93. The monoisotopic (exact) mass is 206 g/mol. The maximum absolute atomic E-state index is 2.42. The minimum atomic E-state index is 0.516. The Labute approximate surface area is 98.4 Å². The molecule has 0 aromatic carbocycles. The predicted octanol–water partition coefficient (Wildman–Crippen LogP) is 2.63. The van der Waals surface area contributed by atoms with Crippen LogP contribution in [0.4, 0.5) is 0 Å². The summed E-state index contributed by atoms with van der Waals surface area (Å²) >= 11 is 0. The highest BCUT2D eigenvalue weighted by Gasteiger charge is 2.29. The third-order valence-electron chi connectivity index (χ3n) is 4.28. The Hall–Kier alpha value is 0.130. The lowest BCUT2D eigenvalue weighted by molar-refractivity contribution is 0.323. The summed E-state index contributed by atoms with van der Waals surface area (Å²) in [7, 11) is 4.84. The van der Waals surface area contributed by atoms with Crippen LogP contribution >= 0.6 is 0 Å². The number of hydrogen-bond donors (Lipinski definition) is 0. The van der Waals surface area contributed by atoms with Crippen LogP contribution in [0.25, 0.3) is 0 Å². The van der Waals surface area contributed by atoms with Gasteiger partial charge in [-0.25, -0.2) is 0 Å². The molecule has 0 aromatic heterocycles. The quantitative estimate of drug-likeness (QED) is 0.606. The van der Waals surface area contributed by atoms with Crippen LogP contribution < -0.4 is 0 Å². The Bertz CT molecular complexity index is 183. The molecule has 0 heterocycles. The highest BCUT2D eigenvalue weighted by atomic mass is 14.3. The van der Waals surface area contributed by atoms with Crippen LogP contribution in [0.2, 0.25) is 5.21 Å². The predicted molar refractivity (Wildman–Crippen MR) is 75.0 cm³/mol. The molecule has 86 valence electrons. The fraction of sp³-hybridized carbons (Fsp3) is 1.00. The second-order valence-corrected chi connectivity index (χ2v) is 6.87. The van der Waals surface area contributed by atoms with Gasteiger partial charge in [-0.05, 0) is 30.6 Å². The maximum Gasteiger partial charge on any atom is 0.0992 e. The second-order valence-electron chi connectivity index (χ2n) is 6.87. The Morgan fingerprint density at radius 3 is 2.40 bits per heavy atom. The summed E-state index contributed by atoms with van der Waals surface area (Å²) in [6.45, 7) is 7.17. The lowest BCUT2D eigenvalue weighted by Gasteiger charge is -2.33. The molecule has 1 aliphatic carbocycles. The first kappa shape index (κ1) is 13.2. The highest BCUT2D eigenvalue weighted by Crippen LogP contribution is 2.41. The first-order valence-electron chi connectivity index (χ1n) is 6.93. The fourth-order valence-corrected chi connectivity index (χ4v) is 3.19. The largest absolute Gasteiger partial charge is 0.0992 e. The van der Waals surface area contributed by atoms with Crippen molar-refractivity contribution in [3.05, 3.63) is 0 Å². The average molecular weight is 206 g/mol. The molecule has 0 aromatic rings. The Kier molecular flexibility index (Phi) is 4.80. The molecule has 0 saturated heterocycles. The lowest BCUT2D eigenvalue weighted by atomic mass is 9.47. The van der Waals surface area contributed by atoms with E-state index in [2.05, 4.69) is 36.5 Å². The molecule has 2 heteroatoms. The van der Waals surface area contributed by atoms with E-state index >= 15 is 0 Å². The van der Waals surface area contributed by atoms with Crippen LogP contribution in [0.5, 0.6) is 0 Å². The smallest absolute Gasteiger partial charge is 0.0845 e. The van der Waals surface area contributed by atoms with E-state index < -0.39 is 0 Å².